The number of hydrogen-bond acceptors (Lipinski definition) is 0. The summed E-state index contributed by atoms with van der Waals surface area (Å²) >= 11 is 0. The van der Waals surface area contributed by atoms with Crippen molar-refractivity contribution in [1.29, 1.82) is 0 Å². The molecule has 0 fully saturated rings. The summed E-state index contributed by atoms with van der Waals surface area (Å²) in [6, 6.07) is 104. The van der Waals surface area contributed by atoms with E-state index in [1.165, 1.54) is 164 Å². The lowest BCUT2D eigenvalue weighted by molar-refractivity contribution is 1.50. The van der Waals surface area contributed by atoms with Crippen LogP contribution in [0.4, 0.5) is 0 Å². The highest BCUT2D eigenvalue weighted by atomic mass is 14.2. The summed E-state index contributed by atoms with van der Waals surface area (Å²) < 4.78 is 0. The molecular formula is C81H58. The molecule has 0 aliphatic heterocycles. The minimum atomic E-state index is 1.20. The molecule has 0 bridgehead atoms. The van der Waals surface area contributed by atoms with Crippen molar-refractivity contribution in [3.05, 3.63) is 292 Å². The Morgan fingerprint density at radius 1 is 0.210 bits per heavy atom. The summed E-state index contributed by atoms with van der Waals surface area (Å²) in [4.78, 5) is 0. The lowest BCUT2D eigenvalue weighted by Gasteiger charge is -2.17. The first-order chi connectivity index (χ1) is 40.1. The minimum Gasteiger partial charge on any atom is -0.103 e. The van der Waals surface area contributed by atoms with E-state index in [4.69, 9.17) is 0 Å². The molecule has 81 heavy (non-hydrogen) atoms. The van der Waals surface area contributed by atoms with E-state index in [9.17, 15) is 0 Å². The fourth-order valence-electron chi connectivity index (χ4n) is 13.0. The maximum Gasteiger partial charge on any atom is -0.00203 e. The lowest BCUT2D eigenvalue weighted by Crippen LogP contribution is -1.90. The first kappa shape index (κ1) is 49.2. The Bertz CT molecular complexity index is 5020. The molecule has 0 saturated heterocycles. The van der Waals surface area contributed by atoms with Crippen LogP contribution < -0.4 is 0 Å². The molecule has 16 aromatic carbocycles. The number of hydrogen-bond donors (Lipinski definition) is 0. The van der Waals surface area contributed by atoms with Crippen molar-refractivity contribution in [3.63, 3.8) is 0 Å². The third-order valence-corrected chi connectivity index (χ3v) is 16.6. The normalized spacial score (nSPS) is 11.4. The average molecular weight is 1030 g/mol. The molecule has 0 radical (unpaired) electrons. The first-order valence-corrected chi connectivity index (χ1v) is 28.4. The van der Waals surface area contributed by atoms with Gasteiger partial charge in [-0.05, 0) is 189 Å². The number of benzene rings is 16. The summed E-state index contributed by atoms with van der Waals surface area (Å²) in [6.07, 6.45) is 1.75. The fraction of sp³-hybridized carbons (Fsp3) is 0.0370. The van der Waals surface area contributed by atoms with Crippen molar-refractivity contribution in [2.45, 2.75) is 20.8 Å². The van der Waals surface area contributed by atoms with Gasteiger partial charge in [-0.1, -0.05) is 281 Å². The Balaban J connectivity index is 0.00000114. The zero-order chi connectivity index (χ0) is 54.6. The Hall–Kier alpha value is -10.1. The smallest absolute Gasteiger partial charge is 0.00203 e. The van der Waals surface area contributed by atoms with Crippen molar-refractivity contribution in [2.24, 2.45) is 0 Å². The summed E-state index contributed by atoms with van der Waals surface area (Å²) in [7, 11) is 0. The molecular weight excluding hydrogens is 973 g/mol. The molecule has 0 heteroatoms. The van der Waals surface area contributed by atoms with Crippen LogP contribution in [-0.2, 0) is 0 Å². The molecule has 0 aliphatic rings. The van der Waals surface area contributed by atoms with Gasteiger partial charge in [-0.15, -0.1) is 6.58 Å². The molecule has 0 amide bonds. The second-order valence-corrected chi connectivity index (χ2v) is 21.1. The van der Waals surface area contributed by atoms with Crippen molar-refractivity contribution in [2.75, 3.05) is 0 Å². The van der Waals surface area contributed by atoms with E-state index in [-0.39, 0.29) is 0 Å². The summed E-state index contributed by atoms with van der Waals surface area (Å²) in [5.41, 5.74) is 17.2. The third-order valence-electron chi connectivity index (χ3n) is 16.6. The first-order valence-electron chi connectivity index (χ1n) is 28.4. The van der Waals surface area contributed by atoms with E-state index in [1.807, 2.05) is 20.8 Å². The van der Waals surface area contributed by atoms with Crippen LogP contribution in [0, 0.1) is 0 Å². The maximum atomic E-state index is 3.36. The second kappa shape index (κ2) is 20.6. The van der Waals surface area contributed by atoms with Gasteiger partial charge in [-0.25, -0.2) is 0 Å². The number of rotatable bonds is 7. The van der Waals surface area contributed by atoms with E-state index in [0.717, 1.165) is 0 Å². The average Bonchev–Trinajstić information content (AvgIpc) is 3.12. The van der Waals surface area contributed by atoms with E-state index in [0.29, 0.717) is 0 Å². The van der Waals surface area contributed by atoms with E-state index in [2.05, 4.69) is 286 Å². The highest BCUT2D eigenvalue weighted by molar-refractivity contribution is 6.29. The highest BCUT2D eigenvalue weighted by Gasteiger charge is 2.19. The topological polar surface area (TPSA) is 0 Å². The SMILES string of the molecule is C=CC.CC.c1cc(-c2cccc(-c3ccc4ccc5c(-c6ccc(-c7cccc8ccccc78)cc6)ccc6ccc3c4c65)c2)cc(-c2cccc(-c3ccc4ccc5c(-c6cccc7ccccc67)ccc6ccc3c4c65)c2)c1. The van der Waals surface area contributed by atoms with Crippen molar-refractivity contribution in [1.82, 2.24) is 0 Å². The molecule has 0 N–H and O–H groups in total. The number of fused-ring (bicyclic) bond motifs is 2. The molecule has 0 aromatic heterocycles. The zero-order valence-electron chi connectivity index (χ0n) is 45.8. The van der Waals surface area contributed by atoms with Crippen molar-refractivity contribution in [3.8, 4) is 77.9 Å². The van der Waals surface area contributed by atoms with Crippen LogP contribution in [0.25, 0.3) is 164 Å². The van der Waals surface area contributed by atoms with Gasteiger partial charge in [0.05, 0.1) is 0 Å². The molecule has 0 unspecified atom stereocenters. The molecule has 0 aliphatic carbocycles. The quantitative estimate of drug-likeness (QED) is 0.110. The number of allylic oxidation sites excluding steroid dienone is 1. The van der Waals surface area contributed by atoms with Gasteiger partial charge in [0.15, 0.2) is 0 Å². The van der Waals surface area contributed by atoms with Crippen LogP contribution >= 0.6 is 0 Å². The summed E-state index contributed by atoms with van der Waals surface area (Å²) in [6.45, 7) is 9.25. The Morgan fingerprint density at radius 2 is 0.469 bits per heavy atom. The predicted molar refractivity (Wildman–Crippen MR) is 354 cm³/mol. The predicted octanol–water partition coefficient (Wildman–Crippen LogP) is 23.7. The Labute approximate surface area is 473 Å². The largest absolute Gasteiger partial charge is 0.103 e. The van der Waals surface area contributed by atoms with Crippen LogP contribution in [0.3, 0.4) is 0 Å². The summed E-state index contributed by atoms with van der Waals surface area (Å²) in [5.74, 6) is 0. The standard InChI is InChI=1S/C76H46.C3H6.C2H6/c1-3-20-61-47(10-1)12-8-22-62(61)49-24-26-50(27-25-49)64-36-28-51-33-41-70-65(37-29-52-32-40-69(64)73(51)74(52)70)59-18-6-16-57(45-59)55-14-5-15-56(44-55)58-17-7-19-60(46-58)66-38-30-53-35-43-72-68(39-31-54-34-42-71(66)75(53)76(54)72)67-23-9-13-48-11-2-4-21-63(48)67;1-3-2;1-2/h1-46H;3H,1H2,2H3;1-2H3. The van der Waals surface area contributed by atoms with Gasteiger partial charge in [-0.2, -0.15) is 0 Å². The molecule has 0 spiro atoms. The van der Waals surface area contributed by atoms with Crippen molar-refractivity contribution < 1.29 is 0 Å². The maximum absolute atomic E-state index is 3.36. The highest BCUT2D eigenvalue weighted by Crippen LogP contribution is 2.46. The molecule has 16 aromatic rings. The van der Waals surface area contributed by atoms with Gasteiger partial charge < -0.3 is 0 Å². The molecule has 0 nitrogen and oxygen atoms in total. The van der Waals surface area contributed by atoms with Gasteiger partial charge in [-0.3, -0.25) is 0 Å². The van der Waals surface area contributed by atoms with Crippen LogP contribution in [0.15, 0.2) is 292 Å². The molecule has 0 heterocycles. The fourth-order valence-corrected chi connectivity index (χ4v) is 13.0. The van der Waals surface area contributed by atoms with Gasteiger partial charge in [0, 0.05) is 0 Å². The second-order valence-electron chi connectivity index (χ2n) is 21.1. The zero-order valence-corrected chi connectivity index (χ0v) is 45.8. The molecule has 382 valence electrons. The van der Waals surface area contributed by atoms with E-state index in [1.54, 1.807) is 6.08 Å². The van der Waals surface area contributed by atoms with Gasteiger partial charge in [0.1, 0.15) is 0 Å². The molecule has 0 atom stereocenters. The molecule has 16 rings (SSSR count). The van der Waals surface area contributed by atoms with Gasteiger partial charge in [0.2, 0.25) is 0 Å². The van der Waals surface area contributed by atoms with E-state index < -0.39 is 0 Å². The van der Waals surface area contributed by atoms with Crippen LogP contribution in [0.5, 0.6) is 0 Å². The molecule has 0 saturated carbocycles. The van der Waals surface area contributed by atoms with Crippen molar-refractivity contribution >= 4 is 86.2 Å². The lowest BCUT2D eigenvalue weighted by atomic mass is 9.86. The Kier molecular flexibility index (Phi) is 12.5. The monoisotopic (exact) mass is 1030 g/mol. The Morgan fingerprint density at radius 3 is 0.889 bits per heavy atom. The van der Waals surface area contributed by atoms with E-state index >= 15 is 0 Å². The van der Waals surface area contributed by atoms with Crippen LogP contribution in [0.2, 0.25) is 0 Å². The van der Waals surface area contributed by atoms with Crippen LogP contribution in [0.1, 0.15) is 20.8 Å². The van der Waals surface area contributed by atoms with Crippen LogP contribution in [-0.4, -0.2) is 0 Å². The third kappa shape index (κ3) is 8.39. The van der Waals surface area contributed by atoms with Gasteiger partial charge in [0.25, 0.3) is 0 Å². The van der Waals surface area contributed by atoms with Gasteiger partial charge >= 0.3 is 0 Å². The summed E-state index contributed by atoms with van der Waals surface area (Å²) in [5, 5.41) is 20.6. The minimum absolute atomic E-state index is 1.20.